The van der Waals surface area contributed by atoms with Crippen LogP contribution in [-0.2, 0) is 19.4 Å². The zero-order valence-corrected chi connectivity index (χ0v) is 16.0. The van der Waals surface area contributed by atoms with Crippen molar-refractivity contribution in [2.24, 2.45) is 0 Å². The number of hydrogen-bond donors (Lipinski definition) is 2. The van der Waals surface area contributed by atoms with Gasteiger partial charge >= 0.3 is 6.03 Å². The van der Waals surface area contributed by atoms with E-state index in [-0.39, 0.29) is 12.1 Å². The van der Waals surface area contributed by atoms with E-state index in [1.165, 1.54) is 24.1 Å². The summed E-state index contributed by atoms with van der Waals surface area (Å²) in [5.74, 6) is 0. The lowest BCUT2D eigenvalue weighted by atomic mass is 9.98. The summed E-state index contributed by atoms with van der Waals surface area (Å²) in [6.45, 7) is 1.25. The Morgan fingerprint density at radius 1 is 0.964 bits per heavy atom. The van der Waals surface area contributed by atoms with Crippen molar-refractivity contribution in [3.05, 3.63) is 89.2 Å². The van der Waals surface area contributed by atoms with Gasteiger partial charge in [-0.1, -0.05) is 60.7 Å². The molecule has 4 rings (SSSR count). The molecule has 3 aromatic rings. The molecule has 144 valence electrons. The molecule has 5 heteroatoms. The third-order valence-electron chi connectivity index (χ3n) is 5.30. The molecule has 0 unspecified atom stereocenters. The van der Waals surface area contributed by atoms with E-state index in [1.54, 1.807) is 0 Å². The van der Waals surface area contributed by atoms with Crippen molar-refractivity contribution < 1.29 is 4.79 Å². The van der Waals surface area contributed by atoms with Gasteiger partial charge in [-0.25, -0.2) is 4.79 Å². The Hall–Kier alpha value is -3.08. The first kappa shape index (κ1) is 18.3. The van der Waals surface area contributed by atoms with E-state index >= 15 is 0 Å². The summed E-state index contributed by atoms with van der Waals surface area (Å²) in [6.07, 6.45) is 6.67. The summed E-state index contributed by atoms with van der Waals surface area (Å²) in [7, 11) is 0. The van der Waals surface area contributed by atoms with Crippen LogP contribution in [0.4, 0.5) is 4.79 Å². The molecule has 1 aromatic heterocycles. The molecule has 0 saturated carbocycles. The third-order valence-corrected chi connectivity index (χ3v) is 5.30. The molecule has 28 heavy (non-hydrogen) atoms. The normalized spacial score (nSPS) is 13.2. The van der Waals surface area contributed by atoms with E-state index in [9.17, 15) is 4.79 Å². The van der Waals surface area contributed by atoms with E-state index in [0.717, 1.165) is 24.0 Å². The molecule has 0 spiro atoms. The number of aromatic nitrogens is 2. The number of carbonyl (C=O) groups excluding carboxylic acids is 1. The number of hydrogen-bond acceptors (Lipinski definition) is 2. The maximum Gasteiger partial charge on any atom is 0.315 e. The summed E-state index contributed by atoms with van der Waals surface area (Å²) in [4.78, 5) is 12.6. The highest BCUT2D eigenvalue weighted by Gasteiger charge is 2.17. The molecule has 5 nitrogen and oxygen atoms in total. The van der Waals surface area contributed by atoms with Crippen LogP contribution in [0.1, 0.15) is 41.3 Å². The summed E-state index contributed by atoms with van der Waals surface area (Å²) >= 11 is 0. The lowest BCUT2D eigenvalue weighted by Gasteiger charge is -2.20. The first-order chi connectivity index (χ1) is 13.8. The van der Waals surface area contributed by atoms with Crippen LogP contribution in [0, 0.1) is 0 Å². The van der Waals surface area contributed by atoms with E-state index in [0.29, 0.717) is 13.1 Å². The van der Waals surface area contributed by atoms with Crippen LogP contribution < -0.4 is 10.6 Å². The monoisotopic (exact) mass is 374 g/mol. The Labute approximate surface area is 165 Å². The highest BCUT2D eigenvalue weighted by Crippen LogP contribution is 2.22. The molecule has 0 radical (unpaired) electrons. The average molecular weight is 374 g/mol. The topological polar surface area (TPSA) is 59.0 Å². The van der Waals surface area contributed by atoms with Gasteiger partial charge in [-0.15, -0.1) is 0 Å². The van der Waals surface area contributed by atoms with Gasteiger partial charge in [0.05, 0.1) is 18.8 Å². The van der Waals surface area contributed by atoms with Crippen LogP contribution in [-0.4, -0.2) is 22.4 Å². The second-order valence-corrected chi connectivity index (χ2v) is 7.20. The molecule has 2 amide bonds. The lowest BCUT2D eigenvalue weighted by molar-refractivity contribution is 0.238. The molecule has 0 saturated heterocycles. The number of amides is 2. The van der Waals surface area contributed by atoms with Gasteiger partial charge in [0.2, 0.25) is 0 Å². The average Bonchev–Trinajstić information content (AvgIpc) is 3.16. The lowest BCUT2D eigenvalue weighted by Crippen LogP contribution is -2.39. The fourth-order valence-corrected chi connectivity index (χ4v) is 3.86. The van der Waals surface area contributed by atoms with Crippen molar-refractivity contribution in [1.82, 2.24) is 20.4 Å². The molecule has 2 N–H and O–H groups in total. The van der Waals surface area contributed by atoms with Crippen LogP contribution in [0.15, 0.2) is 66.9 Å². The van der Waals surface area contributed by atoms with Crippen molar-refractivity contribution in [2.75, 3.05) is 6.54 Å². The zero-order valence-electron chi connectivity index (χ0n) is 16.0. The minimum Gasteiger partial charge on any atom is -0.336 e. The Bertz CT molecular complexity index is 865. The molecule has 0 fully saturated rings. The number of rotatable bonds is 6. The Kier molecular flexibility index (Phi) is 5.71. The quantitative estimate of drug-likeness (QED) is 0.688. The molecule has 1 aliphatic carbocycles. The minimum absolute atomic E-state index is 0.168. The molecular weight excluding hydrogens is 348 g/mol. The van der Waals surface area contributed by atoms with Gasteiger partial charge in [-0.05, 0) is 42.4 Å². The van der Waals surface area contributed by atoms with Crippen LogP contribution in [0.5, 0.6) is 0 Å². The fourth-order valence-electron chi connectivity index (χ4n) is 3.86. The summed E-state index contributed by atoms with van der Waals surface area (Å²) in [5.41, 5.74) is 4.82. The fraction of sp³-hybridized carbons (Fsp3) is 0.304. The van der Waals surface area contributed by atoms with Crippen LogP contribution in [0.2, 0.25) is 0 Å². The van der Waals surface area contributed by atoms with Crippen molar-refractivity contribution in [2.45, 2.75) is 38.3 Å². The van der Waals surface area contributed by atoms with E-state index in [1.807, 2.05) is 71.5 Å². The maximum atomic E-state index is 12.6. The van der Waals surface area contributed by atoms with E-state index in [2.05, 4.69) is 15.7 Å². The van der Waals surface area contributed by atoms with Gasteiger partial charge in [0.1, 0.15) is 0 Å². The number of benzene rings is 2. The smallest absolute Gasteiger partial charge is 0.315 e. The Morgan fingerprint density at radius 3 is 2.29 bits per heavy atom. The summed E-state index contributed by atoms with van der Waals surface area (Å²) in [6, 6.07) is 19.7. The highest BCUT2D eigenvalue weighted by molar-refractivity contribution is 5.75. The summed E-state index contributed by atoms with van der Waals surface area (Å²) in [5, 5.41) is 10.6. The van der Waals surface area contributed by atoms with Gasteiger partial charge in [0.25, 0.3) is 0 Å². The second kappa shape index (κ2) is 8.74. The molecule has 1 heterocycles. The maximum absolute atomic E-state index is 12.6. The molecular formula is C23H26N4O. The molecule has 0 bridgehead atoms. The standard InChI is InChI=1S/C23H26N4O/c28-23(24-15-16-27-21-14-8-7-13-20(21)17-25-27)26-22(18-9-3-1-4-10-18)19-11-5-2-6-12-19/h1-6,9-12,17,22H,7-8,13-16H2,(H2,24,26,28). The van der Waals surface area contributed by atoms with E-state index in [4.69, 9.17) is 0 Å². The van der Waals surface area contributed by atoms with Crippen LogP contribution in [0.25, 0.3) is 0 Å². The van der Waals surface area contributed by atoms with Crippen molar-refractivity contribution in [3.63, 3.8) is 0 Å². The van der Waals surface area contributed by atoms with Gasteiger partial charge in [0.15, 0.2) is 0 Å². The van der Waals surface area contributed by atoms with Gasteiger partial charge in [0, 0.05) is 12.2 Å². The number of nitrogens with one attached hydrogen (secondary N) is 2. The predicted octanol–water partition coefficient (Wildman–Crippen LogP) is 3.85. The van der Waals surface area contributed by atoms with Crippen molar-refractivity contribution in [3.8, 4) is 0 Å². The van der Waals surface area contributed by atoms with Crippen LogP contribution in [0.3, 0.4) is 0 Å². The second-order valence-electron chi connectivity index (χ2n) is 7.20. The number of fused-ring (bicyclic) bond motifs is 1. The third kappa shape index (κ3) is 4.25. The Morgan fingerprint density at radius 2 is 1.61 bits per heavy atom. The summed E-state index contributed by atoms with van der Waals surface area (Å²) < 4.78 is 2.04. The number of urea groups is 1. The molecule has 0 atom stereocenters. The number of carbonyl (C=O) groups is 1. The first-order valence-corrected chi connectivity index (χ1v) is 9.99. The number of nitrogens with zero attached hydrogens (tertiary/aromatic N) is 2. The van der Waals surface area contributed by atoms with Crippen molar-refractivity contribution >= 4 is 6.03 Å². The van der Waals surface area contributed by atoms with Gasteiger partial charge in [-0.2, -0.15) is 5.10 Å². The zero-order chi connectivity index (χ0) is 19.2. The van der Waals surface area contributed by atoms with Gasteiger partial charge < -0.3 is 10.6 Å². The van der Waals surface area contributed by atoms with Gasteiger partial charge in [-0.3, -0.25) is 4.68 Å². The largest absolute Gasteiger partial charge is 0.336 e. The Balaban J connectivity index is 1.38. The predicted molar refractivity (Wildman–Crippen MR) is 110 cm³/mol. The highest BCUT2D eigenvalue weighted by atomic mass is 16.2. The molecule has 0 aliphatic heterocycles. The van der Waals surface area contributed by atoms with E-state index < -0.39 is 0 Å². The molecule has 1 aliphatic rings. The van der Waals surface area contributed by atoms with Crippen LogP contribution >= 0.6 is 0 Å². The number of aryl methyl sites for hydroxylation is 1. The minimum atomic E-state index is -0.181. The van der Waals surface area contributed by atoms with Crippen molar-refractivity contribution in [1.29, 1.82) is 0 Å². The SMILES string of the molecule is O=C(NCCn1ncc2c1CCCC2)NC(c1ccccc1)c1ccccc1. The molecule has 2 aromatic carbocycles. The first-order valence-electron chi connectivity index (χ1n) is 9.99.